The molecule has 1 amide bonds. The summed E-state index contributed by atoms with van der Waals surface area (Å²) >= 11 is 3.49. The van der Waals surface area contributed by atoms with Gasteiger partial charge in [0.2, 0.25) is 5.91 Å². The molecule has 0 aliphatic carbocycles. The molecule has 0 bridgehead atoms. The minimum absolute atomic E-state index is 0.0463. The second kappa shape index (κ2) is 7.38. The summed E-state index contributed by atoms with van der Waals surface area (Å²) in [5.74, 6) is 0.0463. The van der Waals surface area contributed by atoms with Crippen LogP contribution in [-0.2, 0) is 11.3 Å². The maximum atomic E-state index is 11.6. The lowest BCUT2D eigenvalue weighted by Crippen LogP contribution is -2.36. The Balaban J connectivity index is 2.71. The van der Waals surface area contributed by atoms with E-state index >= 15 is 0 Å². The van der Waals surface area contributed by atoms with Crippen LogP contribution in [0.4, 0.5) is 5.69 Å². The summed E-state index contributed by atoms with van der Waals surface area (Å²) in [6.07, 6.45) is 0. The number of carbonyl (C=O) groups is 1. The Hall–Kier alpha value is -1.07. The summed E-state index contributed by atoms with van der Waals surface area (Å²) in [6.45, 7) is 6.48. The smallest absolute Gasteiger partial charge is 0.234 e. The summed E-state index contributed by atoms with van der Waals surface area (Å²) in [6, 6.07) is 5.74. The van der Waals surface area contributed by atoms with Gasteiger partial charge in [-0.3, -0.25) is 9.69 Å². The lowest BCUT2D eigenvalue weighted by Gasteiger charge is -2.21. The molecule has 0 aliphatic rings. The van der Waals surface area contributed by atoms with Gasteiger partial charge in [0, 0.05) is 28.8 Å². The highest BCUT2D eigenvalue weighted by molar-refractivity contribution is 9.10. The van der Waals surface area contributed by atoms with Crippen molar-refractivity contribution in [3.63, 3.8) is 0 Å². The monoisotopic (exact) mass is 313 g/mol. The summed E-state index contributed by atoms with van der Waals surface area (Å²) in [5.41, 5.74) is 7.74. The highest BCUT2D eigenvalue weighted by Gasteiger charge is 2.12. The topological polar surface area (TPSA) is 58.4 Å². The zero-order valence-corrected chi connectivity index (χ0v) is 12.5. The fraction of sp³-hybridized carbons (Fsp3) is 0.462. The highest BCUT2D eigenvalue weighted by Crippen LogP contribution is 2.23. The first-order valence-corrected chi connectivity index (χ1v) is 6.89. The van der Waals surface area contributed by atoms with Crippen molar-refractivity contribution in [1.82, 2.24) is 10.2 Å². The van der Waals surface area contributed by atoms with Gasteiger partial charge in [-0.2, -0.15) is 0 Å². The van der Waals surface area contributed by atoms with Gasteiger partial charge in [-0.05, 0) is 25.6 Å². The number of nitrogens with two attached hydrogens (primary N) is 1. The number of hydrogen-bond donors (Lipinski definition) is 2. The van der Waals surface area contributed by atoms with E-state index in [-0.39, 0.29) is 5.91 Å². The quantitative estimate of drug-likeness (QED) is 0.790. The number of nitrogens with one attached hydrogen (secondary N) is 1. The van der Waals surface area contributed by atoms with E-state index in [1.807, 2.05) is 32.0 Å². The van der Waals surface area contributed by atoms with Crippen LogP contribution < -0.4 is 11.1 Å². The van der Waals surface area contributed by atoms with Crippen molar-refractivity contribution >= 4 is 27.5 Å². The number of carbonyl (C=O) groups excluding carboxylic acids is 1. The summed E-state index contributed by atoms with van der Waals surface area (Å²) < 4.78 is 0.983. The molecule has 3 N–H and O–H groups in total. The number of nitrogens with zero attached hydrogens (tertiary/aromatic N) is 1. The summed E-state index contributed by atoms with van der Waals surface area (Å²) in [5, 5.41) is 2.80. The van der Waals surface area contributed by atoms with E-state index in [0.29, 0.717) is 19.6 Å². The largest absolute Gasteiger partial charge is 0.398 e. The number of hydrogen-bond acceptors (Lipinski definition) is 3. The fourth-order valence-electron chi connectivity index (χ4n) is 1.70. The van der Waals surface area contributed by atoms with Gasteiger partial charge >= 0.3 is 0 Å². The van der Waals surface area contributed by atoms with E-state index in [1.165, 1.54) is 0 Å². The second-order valence-corrected chi connectivity index (χ2v) is 4.92. The molecular formula is C13H20BrN3O. The Morgan fingerprint density at radius 2 is 2.17 bits per heavy atom. The third-order valence-electron chi connectivity index (χ3n) is 2.73. The molecule has 0 atom stereocenters. The van der Waals surface area contributed by atoms with Gasteiger partial charge in [-0.15, -0.1) is 0 Å². The lowest BCUT2D eigenvalue weighted by molar-refractivity contribution is -0.122. The third kappa shape index (κ3) is 4.31. The molecule has 0 spiro atoms. The summed E-state index contributed by atoms with van der Waals surface area (Å²) in [7, 11) is 0. The van der Waals surface area contributed by atoms with Gasteiger partial charge in [0.15, 0.2) is 0 Å². The van der Waals surface area contributed by atoms with Crippen LogP contribution in [0.3, 0.4) is 0 Å². The molecule has 4 nitrogen and oxygen atoms in total. The Labute approximate surface area is 117 Å². The molecule has 0 saturated heterocycles. The van der Waals surface area contributed by atoms with E-state index in [2.05, 4.69) is 26.1 Å². The molecule has 0 fully saturated rings. The first kappa shape index (κ1) is 15.0. The maximum Gasteiger partial charge on any atom is 0.234 e. The molecule has 0 saturated carbocycles. The van der Waals surface area contributed by atoms with E-state index in [0.717, 1.165) is 22.3 Å². The van der Waals surface area contributed by atoms with Crippen LogP contribution in [0.5, 0.6) is 0 Å². The van der Waals surface area contributed by atoms with E-state index in [4.69, 9.17) is 5.73 Å². The van der Waals surface area contributed by atoms with Gasteiger partial charge in [0.25, 0.3) is 0 Å². The maximum absolute atomic E-state index is 11.6. The van der Waals surface area contributed by atoms with Crippen molar-refractivity contribution in [2.45, 2.75) is 20.4 Å². The molecule has 0 radical (unpaired) electrons. The Morgan fingerprint density at radius 1 is 1.44 bits per heavy atom. The lowest BCUT2D eigenvalue weighted by atomic mass is 10.1. The van der Waals surface area contributed by atoms with Gasteiger partial charge in [0.1, 0.15) is 0 Å². The van der Waals surface area contributed by atoms with E-state index in [1.54, 1.807) is 0 Å². The molecule has 100 valence electrons. The van der Waals surface area contributed by atoms with Crippen molar-refractivity contribution in [2.24, 2.45) is 0 Å². The van der Waals surface area contributed by atoms with E-state index < -0.39 is 0 Å². The van der Waals surface area contributed by atoms with Gasteiger partial charge < -0.3 is 11.1 Å². The van der Waals surface area contributed by atoms with Crippen molar-refractivity contribution in [2.75, 3.05) is 25.4 Å². The standard InChI is InChI=1S/C13H20BrN3O/c1-3-16-13(18)9-17(4-2)8-10-11(14)6-5-7-12(10)15/h5-7H,3-4,8-9,15H2,1-2H3,(H,16,18). The first-order chi connectivity index (χ1) is 8.58. The highest BCUT2D eigenvalue weighted by atomic mass is 79.9. The number of nitrogen functional groups attached to an aromatic ring is 1. The average molecular weight is 314 g/mol. The van der Waals surface area contributed by atoms with E-state index in [9.17, 15) is 4.79 Å². The van der Waals surface area contributed by atoms with Gasteiger partial charge in [-0.25, -0.2) is 0 Å². The first-order valence-electron chi connectivity index (χ1n) is 6.10. The molecule has 1 rings (SSSR count). The van der Waals surface area contributed by atoms with Crippen LogP contribution >= 0.6 is 15.9 Å². The van der Waals surface area contributed by atoms with Crippen LogP contribution in [0, 0.1) is 0 Å². The minimum Gasteiger partial charge on any atom is -0.398 e. The molecule has 1 aromatic rings. The number of likely N-dealkylation sites (N-methyl/N-ethyl adjacent to an activating group) is 2. The molecule has 5 heteroatoms. The molecule has 0 unspecified atom stereocenters. The van der Waals surface area contributed by atoms with Crippen LogP contribution in [0.25, 0.3) is 0 Å². The fourth-order valence-corrected chi connectivity index (χ4v) is 2.21. The zero-order valence-electron chi connectivity index (χ0n) is 10.9. The average Bonchev–Trinajstić information content (AvgIpc) is 2.33. The van der Waals surface area contributed by atoms with Crippen LogP contribution in [0.2, 0.25) is 0 Å². The van der Waals surface area contributed by atoms with Crippen LogP contribution in [0.15, 0.2) is 22.7 Å². The van der Waals surface area contributed by atoms with Crippen molar-refractivity contribution in [3.05, 3.63) is 28.2 Å². The van der Waals surface area contributed by atoms with Crippen LogP contribution in [-0.4, -0.2) is 30.4 Å². The zero-order chi connectivity index (χ0) is 13.5. The van der Waals surface area contributed by atoms with Gasteiger partial charge in [-0.1, -0.05) is 28.9 Å². The molecule has 0 heterocycles. The molecular weight excluding hydrogens is 294 g/mol. The second-order valence-electron chi connectivity index (χ2n) is 4.06. The Kier molecular flexibility index (Phi) is 6.15. The number of anilines is 1. The Bertz CT molecular complexity index is 389. The minimum atomic E-state index is 0.0463. The van der Waals surface area contributed by atoms with Crippen molar-refractivity contribution in [3.8, 4) is 0 Å². The molecule has 18 heavy (non-hydrogen) atoms. The number of rotatable bonds is 6. The molecule has 0 aliphatic heterocycles. The third-order valence-corrected chi connectivity index (χ3v) is 3.47. The van der Waals surface area contributed by atoms with Gasteiger partial charge in [0.05, 0.1) is 6.54 Å². The summed E-state index contributed by atoms with van der Waals surface area (Å²) in [4.78, 5) is 13.6. The van der Waals surface area contributed by atoms with Crippen LogP contribution in [0.1, 0.15) is 19.4 Å². The molecule has 1 aromatic carbocycles. The predicted octanol–water partition coefficient (Wildman–Crippen LogP) is 1.99. The Morgan fingerprint density at radius 3 is 2.72 bits per heavy atom. The predicted molar refractivity (Wildman–Crippen MR) is 78.2 cm³/mol. The van der Waals surface area contributed by atoms with Crippen molar-refractivity contribution < 1.29 is 4.79 Å². The molecule has 0 aromatic heterocycles. The number of benzene rings is 1. The normalized spacial score (nSPS) is 10.7. The number of amides is 1. The SMILES string of the molecule is CCNC(=O)CN(CC)Cc1c(N)cccc1Br. The number of halogens is 1. The van der Waals surface area contributed by atoms with Crippen molar-refractivity contribution in [1.29, 1.82) is 0 Å².